The van der Waals surface area contributed by atoms with Gasteiger partial charge in [0.2, 0.25) is 5.91 Å². The van der Waals surface area contributed by atoms with Gasteiger partial charge in [0.25, 0.3) is 5.91 Å². The van der Waals surface area contributed by atoms with E-state index in [1.807, 2.05) is 45.9 Å². The number of carbonyl (C=O) groups is 2. The second-order valence-electron chi connectivity index (χ2n) is 7.87. The van der Waals surface area contributed by atoms with Crippen molar-refractivity contribution >= 4 is 17.5 Å². The van der Waals surface area contributed by atoms with Crippen molar-refractivity contribution in [3.63, 3.8) is 0 Å². The molecular weight excluding hydrogens is 390 g/mol. The van der Waals surface area contributed by atoms with E-state index in [9.17, 15) is 9.59 Å². The SMILES string of the molecule is Cc1ccc(-c2cc(C(=O)NC(C)c3cnccn3)cc(N(C)C(=O)C(C)C)c2)nc1. The molecule has 0 bridgehead atoms. The molecule has 1 atom stereocenters. The minimum absolute atomic E-state index is 0.0340. The van der Waals surface area contributed by atoms with Crippen LogP contribution in [0.3, 0.4) is 0 Å². The molecule has 0 aliphatic carbocycles. The summed E-state index contributed by atoms with van der Waals surface area (Å²) in [5.41, 5.74) is 4.28. The summed E-state index contributed by atoms with van der Waals surface area (Å²) in [6.45, 7) is 7.51. The fraction of sp³-hybridized carbons (Fsp3) is 0.292. The van der Waals surface area contributed by atoms with Gasteiger partial charge in [-0.15, -0.1) is 0 Å². The number of rotatable bonds is 6. The van der Waals surface area contributed by atoms with Gasteiger partial charge < -0.3 is 10.2 Å². The molecule has 0 saturated heterocycles. The zero-order chi connectivity index (χ0) is 22.5. The molecule has 1 unspecified atom stereocenters. The molecule has 2 heterocycles. The molecule has 2 aromatic heterocycles. The lowest BCUT2D eigenvalue weighted by molar-refractivity contribution is -0.121. The largest absolute Gasteiger partial charge is 0.344 e. The van der Waals surface area contributed by atoms with Crippen molar-refractivity contribution in [3.8, 4) is 11.3 Å². The summed E-state index contributed by atoms with van der Waals surface area (Å²) in [4.78, 5) is 40.0. The molecule has 3 rings (SSSR count). The highest BCUT2D eigenvalue weighted by Crippen LogP contribution is 2.27. The van der Waals surface area contributed by atoms with E-state index in [4.69, 9.17) is 0 Å². The zero-order valence-electron chi connectivity index (χ0n) is 18.5. The van der Waals surface area contributed by atoms with Gasteiger partial charge in [-0.1, -0.05) is 19.9 Å². The Kier molecular flexibility index (Phi) is 6.74. The van der Waals surface area contributed by atoms with Crippen LogP contribution < -0.4 is 10.2 Å². The van der Waals surface area contributed by atoms with Gasteiger partial charge in [-0.2, -0.15) is 0 Å². The summed E-state index contributed by atoms with van der Waals surface area (Å²) >= 11 is 0. The molecule has 0 aliphatic rings. The number of nitrogens with one attached hydrogen (secondary N) is 1. The highest BCUT2D eigenvalue weighted by atomic mass is 16.2. The third-order valence-corrected chi connectivity index (χ3v) is 4.97. The Bertz CT molecular complexity index is 1070. The van der Waals surface area contributed by atoms with E-state index in [1.165, 1.54) is 0 Å². The van der Waals surface area contributed by atoms with Crippen molar-refractivity contribution in [3.05, 3.63) is 71.9 Å². The van der Waals surface area contributed by atoms with E-state index < -0.39 is 0 Å². The first-order chi connectivity index (χ1) is 14.8. The van der Waals surface area contributed by atoms with Gasteiger partial charge in [0.05, 0.1) is 23.6 Å². The molecule has 7 nitrogen and oxygen atoms in total. The molecule has 0 fully saturated rings. The second-order valence-corrected chi connectivity index (χ2v) is 7.87. The lowest BCUT2D eigenvalue weighted by atomic mass is 10.0. The van der Waals surface area contributed by atoms with Crippen LogP contribution in [-0.2, 0) is 4.79 Å². The predicted octanol–water partition coefficient (Wildman–Crippen LogP) is 3.96. The van der Waals surface area contributed by atoms with E-state index >= 15 is 0 Å². The van der Waals surface area contributed by atoms with E-state index in [-0.39, 0.29) is 23.8 Å². The number of anilines is 1. The monoisotopic (exact) mass is 417 g/mol. The maximum absolute atomic E-state index is 13.1. The van der Waals surface area contributed by atoms with Crippen LogP contribution in [-0.4, -0.2) is 33.8 Å². The summed E-state index contributed by atoms with van der Waals surface area (Å²) in [5.74, 6) is -0.466. The van der Waals surface area contributed by atoms with Gasteiger partial charge in [-0.25, -0.2) is 0 Å². The fourth-order valence-electron chi connectivity index (χ4n) is 3.13. The first kappa shape index (κ1) is 22.1. The lowest BCUT2D eigenvalue weighted by Crippen LogP contribution is -2.31. The molecule has 3 aromatic rings. The van der Waals surface area contributed by atoms with Crippen LogP contribution in [0.1, 0.15) is 48.4 Å². The third kappa shape index (κ3) is 5.31. The number of nitrogens with zero attached hydrogens (tertiary/aromatic N) is 4. The molecule has 0 radical (unpaired) electrons. The van der Waals surface area contributed by atoms with Crippen LogP contribution in [0.2, 0.25) is 0 Å². The fourth-order valence-corrected chi connectivity index (χ4v) is 3.13. The van der Waals surface area contributed by atoms with Gasteiger partial charge in [0.15, 0.2) is 0 Å². The Labute approximate surface area is 182 Å². The van der Waals surface area contributed by atoms with E-state index in [0.717, 1.165) is 16.8 Å². The molecule has 160 valence electrons. The zero-order valence-corrected chi connectivity index (χ0v) is 18.5. The molecule has 1 N–H and O–H groups in total. The number of carbonyl (C=O) groups excluding carboxylic acids is 2. The van der Waals surface area contributed by atoms with Crippen molar-refractivity contribution in [2.24, 2.45) is 5.92 Å². The Morgan fingerprint density at radius 1 is 1.00 bits per heavy atom. The van der Waals surface area contributed by atoms with Crippen molar-refractivity contribution in [2.75, 3.05) is 11.9 Å². The minimum Gasteiger partial charge on any atom is -0.344 e. The van der Waals surface area contributed by atoms with Gasteiger partial charge in [-0.05, 0) is 43.7 Å². The molecule has 0 saturated carbocycles. The van der Waals surface area contributed by atoms with E-state index in [0.29, 0.717) is 16.9 Å². The number of aromatic nitrogens is 3. The maximum Gasteiger partial charge on any atom is 0.251 e. The Morgan fingerprint density at radius 3 is 2.39 bits per heavy atom. The molecular formula is C24H27N5O2. The summed E-state index contributed by atoms with van der Waals surface area (Å²) in [5, 5.41) is 2.95. The number of amides is 2. The van der Waals surface area contributed by atoms with Crippen LogP contribution in [0.25, 0.3) is 11.3 Å². The molecule has 1 aromatic carbocycles. The van der Waals surface area contributed by atoms with Crippen LogP contribution in [0.5, 0.6) is 0 Å². The number of hydrogen-bond donors (Lipinski definition) is 1. The second kappa shape index (κ2) is 9.47. The van der Waals surface area contributed by atoms with Gasteiger partial charge in [0, 0.05) is 48.4 Å². The lowest BCUT2D eigenvalue weighted by Gasteiger charge is -2.22. The maximum atomic E-state index is 13.1. The average molecular weight is 418 g/mol. The van der Waals surface area contributed by atoms with Crippen molar-refractivity contribution < 1.29 is 9.59 Å². The molecule has 7 heteroatoms. The van der Waals surface area contributed by atoms with Crippen molar-refractivity contribution in [1.82, 2.24) is 20.3 Å². The first-order valence-corrected chi connectivity index (χ1v) is 10.2. The summed E-state index contributed by atoms with van der Waals surface area (Å²) < 4.78 is 0. The Balaban J connectivity index is 1.98. The van der Waals surface area contributed by atoms with Crippen molar-refractivity contribution in [2.45, 2.75) is 33.7 Å². The Morgan fingerprint density at radius 2 is 1.77 bits per heavy atom. The van der Waals surface area contributed by atoms with Crippen LogP contribution in [0.4, 0.5) is 5.69 Å². The molecule has 0 aliphatic heterocycles. The number of pyridine rings is 1. The van der Waals surface area contributed by atoms with Crippen molar-refractivity contribution in [1.29, 1.82) is 0 Å². The van der Waals surface area contributed by atoms with Crippen LogP contribution in [0, 0.1) is 12.8 Å². The highest BCUT2D eigenvalue weighted by Gasteiger charge is 2.19. The molecule has 0 spiro atoms. The quantitative estimate of drug-likeness (QED) is 0.656. The third-order valence-electron chi connectivity index (χ3n) is 4.97. The average Bonchev–Trinajstić information content (AvgIpc) is 2.78. The van der Waals surface area contributed by atoms with Crippen LogP contribution >= 0.6 is 0 Å². The standard InChI is InChI=1S/C24H27N5O2/c1-15(2)24(31)29(5)20-11-18(21-7-6-16(3)13-27-21)10-19(12-20)23(30)28-17(4)22-14-25-8-9-26-22/h6-15,17H,1-5H3,(H,28,30). The summed E-state index contributed by atoms with van der Waals surface area (Å²) in [6.07, 6.45) is 6.58. The van der Waals surface area contributed by atoms with Gasteiger partial charge in [-0.3, -0.25) is 24.5 Å². The normalized spacial score (nSPS) is 11.8. The van der Waals surface area contributed by atoms with E-state index in [2.05, 4.69) is 20.3 Å². The number of hydrogen-bond acceptors (Lipinski definition) is 5. The van der Waals surface area contributed by atoms with E-state index in [1.54, 1.807) is 48.9 Å². The first-order valence-electron chi connectivity index (χ1n) is 10.2. The Hall–Kier alpha value is -3.61. The number of aryl methyl sites for hydroxylation is 1. The topological polar surface area (TPSA) is 88.1 Å². The molecule has 31 heavy (non-hydrogen) atoms. The van der Waals surface area contributed by atoms with Gasteiger partial charge in [0.1, 0.15) is 0 Å². The van der Waals surface area contributed by atoms with Crippen LogP contribution in [0.15, 0.2) is 55.1 Å². The predicted molar refractivity (Wildman–Crippen MR) is 121 cm³/mol. The smallest absolute Gasteiger partial charge is 0.251 e. The minimum atomic E-state index is -0.319. The molecule has 2 amide bonds. The van der Waals surface area contributed by atoms with Gasteiger partial charge >= 0.3 is 0 Å². The summed E-state index contributed by atoms with van der Waals surface area (Å²) in [7, 11) is 1.72. The summed E-state index contributed by atoms with van der Waals surface area (Å²) in [6, 6.07) is 8.93. The highest BCUT2D eigenvalue weighted by molar-refractivity contribution is 6.00. The number of benzene rings is 1.